The van der Waals surface area contributed by atoms with Crippen LogP contribution in [-0.2, 0) is 11.2 Å². The van der Waals surface area contributed by atoms with Crippen LogP contribution in [-0.4, -0.2) is 43.8 Å². The number of nitrogens with zero attached hydrogens (tertiary/aromatic N) is 1. The summed E-state index contributed by atoms with van der Waals surface area (Å²) in [5.41, 5.74) is 3.58. The third-order valence-electron chi connectivity index (χ3n) is 4.15. The molecule has 1 aromatic carbocycles. The number of hydrogen-bond donors (Lipinski definition) is 3. The Morgan fingerprint density at radius 2 is 1.96 bits per heavy atom. The molecule has 2 aromatic rings. The number of aromatic amines is 1. The summed E-state index contributed by atoms with van der Waals surface area (Å²) in [6.07, 6.45) is 0.949. The second kappa shape index (κ2) is 9.27. The average molecular weight is 444 g/mol. The van der Waals surface area contributed by atoms with Gasteiger partial charge in [-0.25, -0.2) is 0 Å². The van der Waals surface area contributed by atoms with Crippen LogP contribution in [0.3, 0.4) is 0 Å². The largest absolute Gasteiger partial charge is 0.377 e. The lowest BCUT2D eigenvalue weighted by Gasteiger charge is -2.24. The molecule has 5 nitrogen and oxygen atoms in total. The van der Waals surface area contributed by atoms with Crippen molar-refractivity contribution < 1.29 is 4.74 Å². The van der Waals surface area contributed by atoms with Crippen molar-refractivity contribution in [2.45, 2.75) is 32.8 Å². The average Bonchev–Trinajstić information content (AvgIpc) is 2.86. The highest BCUT2D eigenvalue weighted by Gasteiger charge is 2.16. The summed E-state index contributed by atoms with van der Waals surface area (Å²) in [5, 5.41) is 7.97. The minimum Gasteiger partial charge on any atom is -0.377 e. The molecule has 6 heteroatoms. The van der Waals surface area contributed by atoms with Crippen molar-refractivity contribution in [1.29, 1.82) is 0 Å². The van der Waals surface area contributed by atoms with Crippen LogP contribution in [0.1, 0.15) is 25.1 Å². The molecule has 0 atom stereocenters. The van der Waals surface area contributed by atoms with Gasteiger partial charge < -0.3 is 20.4 Å². The van der Waals surface area contributed by atoms with E-state index in [0.717, 1.165) is 18.9 Å². The Hall–Kier alpha value is -1.28. The van der Waals surface area contributed by atoms with E-state index in [1.54, 1.807) is 14.2 Å². The van der Waals surface area contributed by atoms with E-state index >= 15 is 0 Å². The van der Waals surface area contributed by atoms with Crippen LogP contribution in [0.5, 0.6) is 0 Å². The molecular formula is C18H29IN4O. The molecule has 1 heterocycles. The van der Waals surface area contributed by atoms with Crippen molar-refractivity contribution in [2.75, 3.05) is 27.2 Å². The highest BCUT2D eigenvalue weighted by molar-refractivity contribution is 14.0. The molecule has 0 aliphatic carbocycles. The van der Waals surface area contributed by atoms with Gasteiger partial charge in [0.05, 0.1) is 5.60 Å². The summed E-state index contributed by atoms with van der Waals surface area (Å²) in [4.78, 5) is 7.70. The minimum atomic E-state index is -0.217. The van der Waals surface area contributed by atoms with E-state index in [2.05, 4.69) is 51.8 Å². The molecular weight excluding hydrogens is 415 g/mol. The number of aromatic nitrogens is 1. The summed E-state index contributed by atoms with van der Waals surface area (Å²) in [7, 11) is 3.50. The summed E-state index contributed by atoms with van der Waals surface area (Å²) in [5.74, 6) is 0.799. The Morgan fingerprint density at radius 3 is 2.62 bits per heavy atom. The van der Waals surface area contributed by atoms with Crippen molar-refractivity contribution in [2.24, 2.45) is 4.99 Å². The highest BCUT2D eigenvalue weighted by atomic mass is 127. The van der Waals surface area contributed by atoms with Gasteiger partial charge in [0, 0.05) is 43.8 Å². The maximum Gasteiger partial charge on any atom is 0.191 e. The Balaban J connectivity index is 0.00000288. The lowest BCUT2D eigenvalue weighted by molar-refractivity contribution is 0.0268. The first-order chi connectivity index (χ1) is 11.0. The summed E-state index contributed by atoms with van der Waals surface area (Å²) < 4.78 is 5.41. The summed E-state index contributed by atoms with van der Waals surface area (Å²) in [6, 6.07) is 8.43. The van der Waals surface area contributed by atoms with Crippen molar-refractivity contribution in [1.82, 2.24) is 15.6 Å². The predicted octanol–water partition coefficient (Wildman–Crippen LogP) is 3.23. The normalized spacial score (nSPS) is 12.1. The van der Waals surface area contributed by atoms with E-state index in [-0.39, 0.29) is 29.6 Å². The van der Waals surface area contributed by atoms with Gasteiger partial charge in [0.1, 0.15) is 0 Å². The number of benzene rings is 1. The fourth-order valence-electron chi connectivity index (χ4n) is 2.55. The SMILES string of the molecule is CN=C(NCCc1c(C)[nH]c2ccccc12)NCC(C)(C)OC.I. The molecule has 24 heavy (non-hydrogen) atoms. The van der Waals surface area contributed by atoms with Gasteiger partial charge in [-0.3, -0.25) is 4.99 Å². The first-order valence-electron chi connectivity index (χ1n) is 8.02. The lowest BCUT2D eigenvalue weighted by atomic mass is 10.1. The van der Waals surface area contributed by atoms with Gasteiger partial charge in [0.15, 0.2) is 5.96 Å². The van der Waals surface area contributed by atoms with Crippen LogP contribution in [0.2, 0.25) is 0 Å². The number of rotatable bonds is 6. The number of halogens is 1. The number of nitrogens with one attached hydrogen (secondary N) is 3. The van der Waals surface area contributed by atoms with Crippen LogP contribution in [0.4, 0.5) is 0 Å². The molecule has 0 unspecified atom stereocenters. The number of methoxy groups -OCH3 is 1. The lowest BCUT2D eigenvalue weighted by Crippen LogP contribution is -2.45. The monoisotopic (exact) mass is 444 g/mol. The molecule has 0 saturated carbocycles. The Kier molecular flexibility index (Phi) is 8.02. The molecule has 0 spiro atoms. The van der Waals surface area contributed by atoms with Crippen molar-refractivity contribution >= 4 is 40.8 Å². The minimum absolute atomic E-state index is 0. The van der Waals surface area contributed by atoms with Crippen LogP contribution < -0.4 is 10.6 Å². The second-order valence-electron chi connectivity index (χ2n) is 6.34. The quantitative estimate of drug-likeness (QED) is 0.364. The molecule has 0 amide bonds. The van der Waals surface area contributed by atoms with E-state index in [4.69, 9.17) is 4.74 Å². The maximum atomic E-state index is 5.41. The standard InChI is InChI=1S/C18H28N4O.HI/c1-13-14(15-8-6-7-9-16(15)22-13)10-11-20-17(19-4)21-12-18(2,3)23-5;/h6-9,22H,10-12H2,1-5H3,(H2,19,20,21);1H. The van der Waals surface area contributed by atoms with E-state index in [9.17, 15) is 0 Å². The van der Waals surface area contributed by atoms with E-state index in [1.807, 2.05) is 13.8 Å². The maximum absolute atomic E-state index is 5.41. The number of guanidine groups is 1. The molecule has 0 fully saturated rings. The first kappa shape index (κ1) is 20.8. The number of aryl methyl sites for hydroxylation is 1. The van der Waals surface area contributed by atoms with Crippen molar-refractivity contribution in [3.05, 3.63) is 35.5 Å². The summed E-state index contributed by atoms with van der Waals surface area (Å²) in [6.45, 7) is 7.75. The van der Waals surface area contributed by atoms with Gasteiger partial charge in [0.25, 0.3) is 0 Å². The van der Waals surface area contributed by atoms with Crippen LogP contribution in [0, 0.1) is 6.92 Å². The number of hydrogen-bond acceptors (Lipinski definition) is 2. The Labute approximate surface area is 161 Å². The number of H-pyrrole nitrogens is 1. The second-order valence-corrected chi connectivity index (χ2v) is 6.34. The molecule has 0 radical (unpaired) electrons. The zero-order valence-corrected chi connectivity index (χ0v) is 17.5. The zero-order chi connectivity index (χ0) is 16.9. The predicted molar refractivity (Wildman–Crippen MR) is 113 cm³/mol. The van der Waals surface area contributed by atoms with Crippen molar-refractivity contribution in [3.8, 4) is 0 Å². The smallest absolute Gasteiger partial charge is 0.191 e. The first-order valence-corrected chi connectivity index (χ1v) is 8.02. The zero-order valence-electron chi connectivity index (χ0n) is 15.2. The fourth-order valence-corrected chi connectivity index (χ4v) is 2.55. The third kappa shape index (κ3) is 5.37. The van der Waals surface area contributed by atoms with Gasteiger partial charge in [-0.05, 0) is 38.8 Å². The molecule has 2 rings (SSSR count). The highest BCUT2D eigenvalue weighted by Crippen LogP contribution is 2.21. The number of fused-ring (bicyclic) bond motifs is 1. The third-order valence-corrected chi connectivity index (χ3v) is 4.15. The van der Waals surface area contributed by atoms with Gasteiger partial charge >= 0.3 is 0 Å². The van der Waals surface area contributed by atoms with E-state index < -0.39 is 0 Å². The van der Waals surface area contributed by atoms with Crippen LogP contribution in [0.15, 0.2) is 29.3 Å². The molecule has 134 valence electrons. The van der Waals surface area contributed by atoms with Gasteiger partial charge in [-0.1, -0.05) is 18.2 Å². The molecule has 0 aliphatic rings. The summed E-state index contributed by atoms with van der Waals surface area (Å²) >= 11 is 0. The molecule has 3 N–H and O–H groups in total. The molecule has 0 saturated heterocycles. The molecule has 0 aliphatic heterocycles. The molecule has 0 bridgehead atoms. The Bertz CT molecular complexity index is 679. The fraction of sp³-hybridized carbons (Fsp3) is 0.500. The Morgan fingerprint density at radius 1 is 1.25 bits per heavy atom. The van der Waals surface area contributed by atoms with E-state index in [0.29, 0.717) is 6.54 Å². The van der Waals surface area contributed by atoms with Gasteiger partial charge in [-0.15, -0.1) is 24.0 Å². The van der Waals surface area contributed by atoms with Crippen LogP contribution in [0.25, 0.3) is 10.9 Å². The molecule has 1 aromatic heterocycles. The van der Waals surface area contributed by atoms with Crippen LogP contribution >= 0.6 is 24.0 Å². The number of para-hydroxylation sites is 1. The van der Waals surface area contributed by atoms with Gasteiger partial charge in [0.2, 0.25) is 0 Å². The topological polar surface area (TPSA) is 61.4 Å². The number of aliphatic imine (C=N–C) groups is 1. The van der Waals surface area contributed by atoms with Crippen molar-refractivity contribution in [3.63, 3.8) is 0 Å². The number of ether oxygens (including phenoxy) is 1. The van der Waals surface area contributed by atoms with E-state index in [1.165, 1.54) is 22.2 Å². The van der Waals surface area contributed by atoms with Gasteiger partial charge in [-0.2, -0.15) is 0 Å².